The van der Waals surface area contributed by atoms with Crippen LogP contribution in [0.2, 0.25) is 0 Å². The molecular weight excluding hydrogens is 406 g/mol. The van der Waals surface area contributed by atoms with Gasteiger partial charge >= 0.3 is 0 Å². The van der Waals surface area contributed by atoms with Crippen molar-refractivity contribution in [3.8, 4) is 0 Å². The van der Waals surface area contributed by atoms with Crippen LogP contribution in [0.15, 0.2) is 84.9 Å². The molecule has 1 aliphatic heterocycles. The lowest BCUT2D eigenvalue weighted by atomic mass is 10.1. The molecule has 0 radical (unpaired) electrons. The molecule has 0 saturated carbocycles. The molecule has 0 fully saturated rings. The molecule has 6 nitrogen and oxygen atoms in total. The highest BCUT2D eigenvalue weighted by Crippen LogP contribution is 2.24. The van der Waals surface area contributed by atoms with E-state index in [-0.39, 0.29) is 6.61 Å². The molecule has 1 atom stereocenters. The van der Waals surface area contributed by atoms with Gasteiger partial charge in [-0.25, -0.2) is 0 Å². The normalized spacial score (nSPS) is 13.9. The number of carbonyl (C=O) groups is 2. The van der Waals surface area contributed by atoms with Crippen LogP contribution < -0.4 is 0 Å². The van der Waals surface area contributed by atoms with E-state index in [1.807, 2.05) is 60.7 Å². The average molecular weight is 431 g/mol. The van der Waals surface area contributed by atoms with E-state index in [1.54, 1.807) is 24.3 Å². The van der Waals surface area contributed by atoms with E-state index in [0.29, 0.717) is 37.4 Å². The number of hydrogen-bond donors (Lipinski definition) is 0. The molecule has 32 heavy (non-hydrogen) atoms. The van der Waals surface area contributed by atoms with Crippen molar-refractivity contribution in [2.45, 2.75) is 25.7 Å². The Labute approximate surface area is 187 Å². The van der Waals surface area contributed by atoms with Gasteiger partial charge in [0.15, 0.2) is 0 Å². The van der Waals surface area contributed by atoms with Crippen molar-refractivity contribution < 1.29 is 23.9 Å². The number of ether oxygens (including phenoxy) is 2. The zero-order chi connectivity index (χ0) is 22.2. The first-order valence-electron chi connectivity index (χ1n) is 10.6. The summed E-state index contributed by atoms with van der Waals surface area (Å²) in [5, 5.41) is 0.846. The largest absolute Gasteiger partial charge is 0.377 e. The van der Waals surface area contributed by atoms with E-state index in [1.165, 1.54) is 0 Å². The smallest absolute Gasteiger partial charge is 0.285 e. The summed E-state index contributed by atoms with van der Waals surface area (Å²) >= 11 is 0. The first-order chi connectivity index (χ1) is 15.7. The summed E-state index contributed by atoms with van der Waals surface area (Å²) in [6.45, 7) is 1.51. The van der Waals surface area contributed by atoms with Gasteiger partial charge in [-0.05, 0) is 23.3 Å². The molecule has 4 rings (SSSR count). The van der Waals surface area contributed by atoms with Gasteiger partial charge in [0, 0.05) is 13.0 Å². The van der Waals surface area contributed by atoms with Gasteiger partial charge in [0.05, 0.1) is 30.9 Å². The van der Waals surface area contributed by atoms with Crippen LogP contribution in [-0.4, -0.2) is 36.2 Å². The highest BCUT2D eigenvalue weighted by Gasteiger charge is 2.38. The molecule has 1 aliphatic rings. The Bertz CT molecular complexity index is 1000. The highest BCUT2D eigenvalue weighted by molar-refractivity contribution is 6.20. The quantitative estimate of drug-likeness (QED) is 0.332. The number of amides is 2. The molecular formula is C26H25NO5. The van der Waals surface area contributed by atoms with E-state index in [0.717, 1.165) is 16.2 Å². The van der Waals surface area contributed by atoms with E-state index < -0.39 is 17.9 Å². The molecule has 3 aromatic carbocycles. The Morgan fingerprint density at radius 1 is 0.656 bits per heavy atom. The zero-order valence-electron chi connectivity index (χ0n) is 17.7. The molecule has 6 heteroatoms. The minimum absolute atomic E-state index is 0.219. The number of imide groups is 1. The van der Waals surface area contributed by atoms with Crippen molar-refractivity contribution in [1.82, 2.24) is 5.06 Å². The van der Waals surface area contributed by atoms with Crippen LogP contribution in [0, 0.1) is 0 Å². The van der Waals surface area contributed by atoms with Crippen LogP contribution in [-0.2, 0) is 27.5 Å². The third kappa shape index (κ3) is 5.48. The van der Waals surface area contributed by atoms with Crippen LogP contribution in [0.25, 0.3) is 0 Å². The summed E-state index contributed by atoms with van der Waals surface area (Å²) in [5.74, 6) is -0.910. The first-order valence-corrected chi connectivity index (χ1v) is 10.6. The molecule has 0 bridgehead atoms. The average Bonchev–Trinajstić information content (AvgIpc) is 3.08. The predicted octanol–water partition coefficient (Wildman–Crippen LogP) is 4.41. The van der Waals surface area contributed by atoms with E-state index in [9.17, 15) is 9.59 Å². The summed E-state index contributed by atoms with van der Waals surface area (Å²) in [7, 11) is 0. The van der Waals surface area contributed by atoms with Gasteiger partial charge < -0.3 is 9.47 Å². The lowest BCUT2D eigenvalue weighted by Gasteiger charge is -2.22. The number of rotatable bonds is 11. The van der Waals surface area contributed by atoms with Crippen LogP contribution in [0.4, 0.5) is 0 Å². The molecule has 0 spiro atoms. The second-order valence-electron chi connectivity index (χ2n) is 7.51. The maximum absolute atomic E-state index is 12.7. The molecule has 0 aromatic heterocycles. The van der Waals surface area contributed by atoms with E-state index in [4.69, 9.17) is 14.3 Å². The minimum atomic E-state index is -0.517. The molecule has 0 saturated heterocycles. The van der Waals surface area contributed by atoms with E-state index in [2.05, 4.69) is 0 Å². The predicted molar refractivity (Wildman–Crippen MR) is 119 cm³/mol. The van der Waals surface area contributed by atoms with Gasteiger partial charge in [-0.1, -0.05) is 72.8 Å². The van der Waals surface area contributed by atoms with Gasteiger partial charge in [0.25, 0.3) is 11.8 Å². The molecule has 3 aromatic rings. The molecule has 0 unspecified atom stereocenters. The van der Waals surface area contributed by atoms with Crippen LogP contribution in [0.5, 0.6) is 0 Å². The lowest BCUT2D eigenvalue weighted by molar-refractivity contribution is -0.158. The minimum Gasteiger partial charge on any atom is -0.377 e. The Balaban J connectivity index is 1.35. The molecule has 1 heterocycles. The van der Waals surface area contributed by atoms with Gasteiger partial charge in [-0.3, -0.25) is 14.4 Å². The third-order valence-corrected chi connectivity index (χ3v) is 5.12. The monoisotopic (exact) mass is 431 g/mol. The first kappa shape index (κ1) is 21.9. The Kier molecular flexibility index (Phi) is 7.40. The molecule has 0 N–H and O–H groups in total. The summed E-state index contributed by atoms with van der Waals surface area (Å²) in [4.78, 5) is 31.2. The fraction of sp³-hybridized carbons (Fsp3) is 0.231. The second kappa shape index (κ2) is 10.8. The fourth-order valence-electron chi connectivity index (χ4n) is 3.44. The maximum atomic E-state index is 12.7. The van der Waals surface area contributed by atoms with Crippen LogP contribution >= 0.6 is 0 Å². The second-order valence-corrected chi connectivity index (χ2v) is 7.51. The summed E-state index contributed by atoms with van der Waals surface area (Å²) in [6, 6.07) is 26.4. The Morgan fingerprint density at radius 2 is 1.16 bits per heavy atom. The highest BCUT2D eigenvalue weighted by atomic mass is 16.7. The Hall–Kier alpha value is -3.32. The van der Waals surface area contributed by atoms with Gasteiger partial charge in [0.2, 0.25) is 0 Å². The van der Waals surface area contributed by atoms with Gasteiger partial charge in [0.1, 0.15) is 6.10 Å². The van der Waals surface area contributed by atoms with Crippen molar-refractivity contribution in [2.75, 3.05) is 13.2 Å². The maximum Gasteiger partial charge on any atom is 0.285 e. The number of nitrogens with zero attached hydrogens (tertiary/aromatic N) is 1. The van der Waals surface area contributed by atoms with Gasteiger partial charge in [-0.2, -0.15) is 0 Å². The number of carbonyl (C=O) groups excluding carboxylic acids is 2. The summed E-state index contributed by atoms with van der Waals surface area (Å²) < 4.78 is 11.6. The van der Waals surface area contributed by atoms with Crippen LogP contribution in [0.3, 0.4) is 0 Å². The molecule has 0 aliphatic carbocycles. The number of hydrogen-bond acceptors (Lipinski definition) is 5. The fourth-order valence-corrected chi connectivity index (χ4v) is 3.44. The standard InChI is InChI=1S/C26H25NO5/c28-25-23-13-7-8-14-24(23)26(29)27(25)32-22(19-31-18-21-11-5-2-6-12-21)15-16-30-17-20-9-3-1-4-10-20/h1-14,22H,15-19H2/t22-/m1/s1. The zero-order valence-corrected chi connectivity index (χ0v) is 17.7. The van der Waals surface area contributed by atoms with Gasteiger partial charge in [-0.15, -0.1) is 5.06 Å². The third-order valence-electron chi connectivity index (χ3n) is 5.12. The van der Waals surface area contributed by atoms with E-state index >= 15 is 0 Å². The van der Waals surface area contributed by atoms with Crippen molar-refractivity contribution in [1.29, 1.82) is 0 Å². The SMILES string of the molecule is O=C1c2ccccc2C(=O)N1O[C@H](CCOCc1ccccc1)COCc1ccccc1. The van der Waals surface area contributed by atoms with Crippen molar-refractivity contribution in [2.24, 2.45) is 0 Å². The van der Waals surface area contributed by atoms with Crippen molar-refractivity contribution in [3.63, 3.8) is 0 Å². The van der Waals surface area contributed by atoms with Crippen LogP contribution in [0.1, 0.15) is 38.3 Å². The summed E-state index contributed by atoms with van der Waals surface area (Å²) in [6.07, 6.45) is -0.0497. The molecule has 2 amide bonds. The van der Waals surface area contributed by atoms with Crippen molar-refractivity contribution in [3.05, 3.63) is 107 Å². The summed E-state index contributed by atoms with van der Waals surface area (Å²) in [5.41, 5.74) is 2.81. The number of fused-ring (bicyclic) bond motifs is 1. The number of benzene rings is 3. The Morgan fingerprint density at radius 3 is 1.72 bits per heavy atom. The lowest BCUT2D eigenvalue weighted by Crippen LogP contribution is -2.37. The van der Waals surface area contributed by atoms with Crippen molar-refractivity contribution >= 4 is 11.8 Å². The topological polar surface area (TPSA) is 65.1 Å². The number of hydroxylamine groups is 2. The molecule has 164 valence electrons.